The summed E-state index contributed by atoms with van der Waals surface area (Å²) in [4.78, 5) is 65.0. The van der Waals surface area contributed by atoms with Gasteiger partial charge in [0.1, 0.15) is 6.61 Å². The Morgan fingerprint density at radius 1 is 0.796 bits per heavy atom. The monoisotopic (exact) mass is 696 g/mol. The molecule has 4 aromatic carbocycles. The molecule has 49 heavy (non-hydrogen) atoms. The number of aliphatic carboxylic acids is 2. The van der Waals surface area contributed by atoms with Crippen LogP contribution in [0, 0.1) is 0 Å². The summed E-state index contributed by atoms with van der Waals surface area (Å²) in [6.45, 7) is -1.05. The van der Waals surface area contributed by atoms with E-state index in [1.165, 1.54) is 79.7 Å². The Balaban J connectivity index is 1.58. The minimum Gasteiger partial charge on any atom is -0.480 e. The number of nitrogens with zero attached hydrogens (tertiary/aromatic N) is 1. The number of carboxylic acids is 2. The van der Waals surface area contributed by atoms with Crippen molar-refractivity contribution in [3.63, 3.8) is 0 Å². The first-order valence-corrected chi connectivity index (χ1v) is 14.7. The van der Waals surface area contributed by atoms with Gasteiger partial charge in [0.2, 0.25) is 5.41 Å². The van der Waals surface area contributed by atoms with Crippen LogP contribution < -0.4 is 5.32 Å². The van der Waals surface area contributed by atoms with Gasteiger partial charge < -0.3 is 25.2 Å². The summed E-state index contributed by atoms with van der Waals surface area (Å²) in [5.74, 6) is -5.76. The lowest BCUT2D eigenvalue weighted by atomic mass is 9.81. The number of amides is 2. The fourth-order valence-electron chi connectivity index (χ4n) is 4.88. The minimum atomic E-state index is -4.54. The van der Waals surface area contributed by atoms with E-state index in [0.29, 0.717) is 11.1 Å². The van der Waals surface area contributed by atoms with E-state index in [1.807, 2.05) is 0 Å². The van der Waals surface area contributed by atoms with E-state index in [4.69, 9.17) is 16.3 Å². The van der Waals surface area contributed by atoms with Gasteiger partial charge in [-0.25, -0.2) is 0 Å². The van der Waals surface area contributed by atoms with Crippen molar-refractivity contribution < 1.29 is 52.1 Å². The van der Waals surface area contributed by atoms with E-state index < -0.39 is 59.9 Å². The predicted octanol–water partition coefficient (Wildman–Crippen LogP) is 6.17. The molecule has 0 aromatic heterocycles. The minimum absolute atomic E-state index is 0.0257. The summed E-state index contributed by atoms with van der Waals surface area (Å²) in [5.41, 5.74) is -2.60. The molecule has 0 aliphatic heterocycles. The quantitative estimate of drug-likeness (QED) is 0.124. The molecular weight excluding hydrogens is 669 g/mol. The van der Waals surface area contributed by atoms with Crippen molar-refractivity contribution in [1.82, 2.24) is 4.90 Å². The fourth-order valence-corrected chi connectivity index (χ4v) is 5.00. The van der Waals surface area contributed by atoms with E-state index in [9.17, 15) is 47.4 Å². The SMILES string of the molecule is CN(C)C(=O)c1cc(CC(=O)OCC(C(=O)O)(C(=O)O)c2ccc(Cl)cc2)ccc1NC(=O)c1ccccc1-c1ccc(C(F)(F)F)cc1. The van der Waals surface area contributed by atoms with E-state index >= 15 is 0 Å². The molecule has 0 saturated heterocycles. The third-order valence-electron chi connectivity index (χ3n) is 7.53. The maximum absolute atomic E-state index is 13.5. The van der Waals surface area contributed by atoms with Crippen LogP contribution in [0.3, 0.4) is 0 Å². The zero-order chi connectivity index (χ0) is 36.1. The Morgan fingerprint density at radius 2 is 1.39 bits per heavy atom. The standard InChI is InChI=1S/C35H28ClF3N2O8/c1-41(2)31(44)27-17-20(18-29(42)49-19-34(32(45)46,33(47)48)22-12-14-24(36)15-13-22)7-16-28(27)40-30(43)26-6-4-3-5-25(26)21-8-10-23(11-9-21)35(37,38)39/h3-17H,18-19H2,1-2H3,(H,40,43)(H,45,46)(H,47,48). The van der Waals surface area contributed by atoms with Gasteiger partial charge in [-0.2, -0.15) is 13.2 Å². The molecule has 3 N–H and O–H groups in total. The second-order valence-corrected chi connectivity index (χ2v) is 11.5. The van der Waals surface area contributed by atoms with Gasteiger partial charge >= 0.3 is 24.1 Å². The second kappa shape index (κ2) is 14.6. The number of hydrogen-bond donors (Lipinski definition) is 3. The van der Waals surface area contributed by atoms with Crippen molar-refractivity contribution in [2.45, 2.75) is 18.0 Å². The lowest BCUT2D eigenvalue weighted by Gasteiger charge is -2.25. The van der Waals surface area contributed by atoms with E-state index in [1.54, 1.807) is 18.2 Å². The number of rotatable bonds is 11. The predicted molar refractivity (Wildman–Crippen MR) is 172 cm³/mol. The lowest BCUT2D eigenvalue weighted by molar-refractivity contribution is -0.164. The number of nitrogens with one attached hydrogen (secondary N) is 1. The number of anilines is 1. The first-order chi connectivity index (χ1) is 23.0. The van der Waals surface area contributed by atoms with Crippen molar-refractivity contribution in [1.29, 1.82) is 0 Å². The second-order valence-electron chi connectivity index (χ2n) is 11.0. The number of alkyl halides is 3. The van der Waals surface area contributed by atoms with Gasteiger partial charge in [-0.1, -0.05) is 60.1 Å². The van der Waals surface area contributed by atoms with Gasteiger partial charge in [-0.05, 0) is 64.7 Å². The summed E-state index contributed by atoms with van der Waals surface area (Å²) in [5, 5.41) is 22.6. The maximum Gasteiger partial charge on any atom is 0.416 e. The van der Waals surface area contributed by atoms with Gasteiger partial charge in [0, 0.05) is 24.7 Å². The van der Waals surface area contributed by atoms with Crippen LogP contribution in [0.2, 0.25) is 5.02 Å². The average Bonchev–Trinajstić information content (AvgIpc) is 3.05. The molecule has 0 fully saturated rings. The molecule has 254 valence electrons. The van der Waals surface area contributed by atoms with Crippen LogP contribution in [-0.4, -0.2) is 65.5 Å². The molecule has 4 aromatic rings. The molecule has 0 unspecified atom stereocenters. The van der Waals surface area contributed by atoms with Crippen LogP contribution in [-0.2, 0) is 37.1 Å². The molecule has 14 heteroatoms. The van der Waals surface area contributed by atoms with Crippen LogP contribution in [0.15, 0.2) is 91.0 Å². The number of hydrogen-bond acceptors (Lipinski definition) is 6. The zero-order valence-corrected chi connectivity index (χ0v) is 26.6. The van der Waals surface area contributed by atoms with Crippen LogP contribution in [0.25, 0.3) is 11.1 Å². The van der Waals surface area contributed by atoms with Gasteiger partial charge in [0.25, 0.3) is 11.8 Å². The molecule has 0 heterocycles. The van der Waals surface area contributed by atoms with Crippen molar-refractivity contribution in [2.75, 3.05) is 26.0 Å². The summed E-state index contributed by atoms with van der Waals surface area (Å²) in [6.07, 6.45) is -5.03. The van der Waals surface area contributed by atoms with Gasteiger partial charge in [0.15, 0.2) is 0 Å². The normalized spacial score (nSPS) is 11.4. The molecule has 0 saturated carbocycles. The third kappa shape index (κ3) is 8.07. The van der Waals surface area contributed by atoms with Crippen molar-refractivity contribution in [3.8, 4) is 11.1 Å². The van der Waals surface area contributed by atoms with Crippen molar-refractivity contribution >= 4 is 47.0 Å². The molecule has 10 nitrogen and oxygen atoms in total. The topological polar surface area (TPSA) is 150 Å². The number of ether oxygens (including phenoxy) is 1. The molecule has 0 bridgehead atoms. The number of carbonyl (C=O) groups excluding carboxylic acids is 3. The smallest absolute Gasteiger partial charge is 0.416 e. The molecular formula is C35H28ClF3N2O8. The summed E-state index contributed by atoms with van der Waals surface area (Å²) in [7, 11) is 2.92. The van der Waals surface area contributed by atoms with Crippen LogP contribution in [0.5, 0.6) is 0 Å². The number of esters is 1. The van der Waals surface area contributed by atoms with Crippen molar-refractivity contribution in [3.05, 3.63) is 124 Å². The lowest BCUT2D eigenvalue weighted by Crippen LogP contribution is -2.48. The highest BCUT2D eigenvalue weighted by atomic mass is 35.5. The Hall–Kier alpha value is -5.69. The molecule has 0 atom stereocenters. The maximum atomic E-state index is 13.5. The first-order valence-electron chi connectivity index (χ1n) is 14.4. The average molecular weight is 697 g/mol. The number of halogens is 4. The first kappa shape index (κ1) is 36.2. The Morgan fingerprint density at radius 3 is 1.96 bits per heavy atom. The Bertz CT molecular complexity index is 1900. The summed E-state index contributed by atoms with van der Waals surface area (Å²) in [6, 6.07) is 19.6. The van der Waals surface area contributed by atoms with Crippen LogP contribution in [0.1, 0.15) is 37.4 Å². The Kier molecular flexibility index (Phi) is 10.8. The van der Waals surface area contributed by atoms with Gasteiger partial charge in [-0.15, -0.1) is 0 Å². The molecule has 0 aliphatic carbocycles. The highest BCUT2D eigenvalue weighted by Gasteiger charge is 2.50. The van der Waals surface area contributed by atoms with E-state index in [2.05, 4.69) is 5.32 Å². The van der Waals surface area contributed by atoms with E-state index in [-0.39, 0.29) is 33.0 Å². The summed E-state index contributed by atoms with van der Waals surface area (Å²) < 4.78 is 44.4. The summed E-state index contributed by atoms with van der Waals surface area (Å²) >= 11 is 5.85. The molecule has 0 radical (unpaired) electrons. The number of carboxylic acid groups (broad SMARTS) is 2. The van der Waals surface area contributed by atoms with Crippen LogP contribution in [0.4, 0.5) is 18.9 Å². The van der Waals surface area contributed by atoms with Gasteiger partial charge in [0.05, 0.1) is 23.2 Å². The highest BCUT2D eigenvalue weighted by Crippen LogP contribution is 2.33. The fraction of sp³-hybridized carbons (Fsp3) is 0.171. The number of benzene rings is 4. The molecule has 4 rings (SSSR count). The van der Waals surface area contributed by atoms with Crippen molar-refractivity contribution in [2.24, 2.45) is 0 Å². The van der Waals surface area contributed by atoms with Crippen LogP contribution >= 0.6 is 11.6 Å². The zero-order valence-electron chi connectivity index (χ0n) is 25.9. The van der Waals surface area contributed by atoms with Gasteiger partial charge in [-0.3, -0.25) is 24.0 Å². The number of carbonyl (C=O) groups is 5. The van der Waals surface area contributed by atoms with E-state index in [0.717, 1.165) is 12.1 Å². The molecule has 2 amide bonds. The molecule has 0 spiro atoms. The molecule has 0 aliphatic rings. The Labute approximate surface area is 282 Å². The largest absolute Gasteiger partial charge is 0.480 e. The third-order valence-corrected chi connectivity index (χ3v) is 7.78. The highest BCUT2D eigenvalue weighted by molar-refractivity contribution is 6.30.